The van der Waals surface area contributed by atoms with Gasteiger partial charge in [0.25, 0.3) is 0 Å². The molecule has 1 amide bonds. The van der Waals surface area contributed by atoms with Crippen LogP contribution in [0.2, 0.25) is 0 Å². The van der Waals surface area contributed by atoms with E-state index in [0.29, 0.717) is 32.2 Å². The predicted molar refractivity (Wildman–Crippen MR) is 121 cm³/mol. The Kier molecular flexibility index (Phi) is 7.81. The molecule has 8 nitrogen and oxygen atoms in total. The molecule has 0 aliphatic carbocycles. The maximum Gasteiger partial charge on any atom is 0.236 e. The molecule has 1 saturated heterocycles. The molecule has 0 bridgehead atoms. The highest BCUT2D eigenvalue weighted by molar-refractivity contribution is 5.78. The number of hydrogen-bond donors (Lipinski definition) is 0. The number of carbonyl (C=O) groups excluding carboxylic acids is 1. The van der Waals surface area contributed by atoms with E-state index >= 15 is 0 Å². The molecule has 0 radical (unpaired) electrons. The summed E-state index contributed by atoms with van der Waals surface area (Å²) in [4.78, 5) is 28.1. The van der Waals surface area contributed by atoms with Crippen LogP contribution < -0.4 is 9.64 Å². The van der Waals surface area contributed by atoms with E-state index in [1.807, 2.05) is 54.4 Å². The topological polar surface area (TPSA) is 71.0 Å². The van der Waals surface area contributed by atoms with Gasteiger partial charge in [-0.3, -0.25) is 9.69 Å². The van der Waals surface area contributed by atoms with Gasteiger partial charge >= 0.3 is 0 Å². The van der Waals surface area contributed by atoms with Crippen LogP contribution in [0.15, 0.2) is 30.5 Å². The smallest absolute Gasteiger partial charge is 0.236 e. The molecule has 1 aromatic carbocycles. The molecule has 168 valence electrons. The van der Waals surface area contributed by atoms with Gasteiger partial charge in [0.2, 0.25) is 11.9 Å². The maximum atomic E-state index is 12.9. The van der Waals surface area contributed by atoms with Crippen LogP contribution >= 0.6 is 0 Å². The summed E-state index contributed by atoms with van der Waals surface area (Å²) in [5.74, 6) is 1.53. The molecular weight excluding hydrogens is 394 g/mol. The second-order valence-corrected chi connectivity index (χ2v) is 7.75. The van der Waals surface area contributed by atoms with E-state index in [1.54, 1.807) is 7.11 Å². The van der Waals surface area contributed by atoms with E-state index < -0.39 is 0 Å². The molecule has 31 heavy (non-hydrogen) atoms. The standard InChI is InChI=1S/C23H33N5O3/c1-6-27(7-2)16-21(29)28-12-13-31-20(15-28)22-19(14-24-23(25-22)26(3)4)17-8-10-18(30-5)11-9-17/h8-11,14,20H,6-7,12-13,15-16H2,1-5H3. The highest BCUT2D eigenvalue weighted by Gasteiger charge is 2.29. The van der Waals surface area contributed by atoms with Crippen LogP contribution in [0.4, 0.5) is 5.95 Å². The van der Waals surface area contributed by atoms with Crippen LogP contribution in [-0.4, -0.2) is 86.2 Å². The van der Waals surface area contributed by atoms with Crippen LogP contribution in [0.5, 0.6) is 5.75 Å². The summed E-state index contributed by atoms with van der Waals surface area (Å²) in [6.07, 6.45) is 1.52. The molecule has 1 atom stereocenters. The van der Waals surface area contributed by atoms with Gasteiger partial charge in [-0.25, -0.2) is 9.97 Å². The van der Waals surface area contributed by atoms with Crippen molar-refractivity contribution in [3.8, 4) is 16.9 Å². The molecule has 1 aliphatic rings. The lowest BCUT2D eigenvalue weighted by Gasteiger charge is -2.34. The Bertz CT molecular complexity index is 868. The summed E-state index contributed by atoms with van der Waals surface area (Å²) < 4.78 is 11.4. The SMILES string of the molecule is CCN(CC)CC(=O)N1CCOC(c2nc(N(C)C)ncc2-c2ccc(OC)cc2)C1. The summed E-state index contributed by atoms with van der Waals surface area (Å²) >= 11 is 0. The number of benzene rings is 1. The summed E-state index contributed by atoms with van der Waals surface area (Å²) in [5.41, 5.74) is 2.68. The molecular formula is C23H33N5O3. The summed E-state index contributed by atoms with van der Waals surface area (Å²) in [7, 11) is 5.47. The number of carbonyl (C=O) groups is 1. The minimum Gasteiger partial charge on any atom is -0.497 e. The van der Waals surface area contributed by atoms with Gasteiger partial charge in [-0.15, -0.1) is 0 Å². The van der Waals surface area contributed by atoms with Gasteiger partial charge in [0.15, 0.2) is 0 Å². The number of morpholine rings is 1. The fourth-order valence-electron chi connectivity index (χ4n) is 3.62. The summed E-state index contributed by atoms with van der Waals surface area (Å²) in [6.45, 7) is 7.85. The molecule has 0 N–H and O–H groups in total. The van der Waals surface area contributed by atoms with E-state index in [1.165, 1.54) is 0 Å². The number of anilines is 1. The van der Waals surface area contributed by atoms with Crippen molar-refractivity contribution >= 4 is 11.9 Å². The number of nitrogens with zero attached hydrogens (tertiary/aromatic N) is 5. The fraction of sp³-hybridized carbons (Fsp3) is 0.522. The molecule has 2 heterocycles. The number of methoxy groups -OCH3 is 1. The van der Waals surface area contributed by atoms with Crippen LogP contribution in [-0.2, 0) is 9.53 Å². The van der Waals surface area contributed by atoms with E-state index in [0.717, 1.165) is 35.7 Å². The van der Waals surface area contributed by atoms with Crippen LogP contribution in [0, 0.1) is 0 Å². The van der Waals surface area contributed by atoms with Gasteiger partial charge in [0.1, 0.15) is 11.9 Å². The average Bonchev–Trinajstić information content (AvgIpc) is 2.82. The van der Waals surface area contributed by atoms with Crippen LogP contribution in [0.25, 0.3) is 11.1 Å². The third-order valence-electron chi connectivity index (χ3n) is 5.58. The van der Waals surface area contributed by atoms with Gasteiger partial charge in [0.05, 0.1) is 32.5 Å². The minimum absolute atomic E-state index is 0.130. The molecule has 0 saturated carbocycles. The molecule has 8 heteroatoms. The van der Waals surface area contributed by atoms with Crippen molar-refractivity contribution in [2.45, 2.75) is 20.0 Å². The summed E-state index contributed by atoms with van der Waals surface area (Å²) in [5, 5.41) is 0. The quantitative estimate of drug-likeness (QED) is 0.641. The first-order valence-electron chi connectivity index (χ1n) is 10.8. The number of ether oxygens (including phenoxy) is 2. The van der Waals surface area contributed by atoms with Crippen molar-refractivity contribution in [2.75, 3.05) is 65.4 Å². The van der Waals surface area contributed by atoms with Gasteiger partial charge in [-0.2, -0.15) is 0 Å². The highest BCUT2D eigenvalue weighted by atomic mass is 16.5. The number of rotatable bonds is 8. The van der Waals surface area contributed by atoms with Crippen LogP contribution in [0.1, 0.15) is 25.6 Å². The van der Waals surface area contributed by atoms with E-state index in [-0.39, 0.29) is 12.0 Å². The lowest BCUT2D eigenvalue weighted by molar-refractivity contribution is -0.140. The second-order valence-electron chi connectivity index (χ2n) is 7.75. The molecule has 1 unspecified atom stereocenters. The zero-order valence-corrected chi connectivity index (χ0v) is 19.2. The number of amides is 1. The third-order valence-corrected chi connectivity index (χ3v) is 5.58. The second kappa shape index (κ2) is 10.5. The minimum atomic E-state index is -0.312. The Morgan fingerprint density at radius 1 is 1.23 bits per heavy atom. The van der Waals surface area contributed by atoms with Crippen molar-refractivity contribution < 1.29 is 14.3 Å². The van der Waals surface area contributed by atoms with E-state index in [4.69, 9.17) is 14.5 Å². The van der Waals surface area contributed by atoms with Crippen molar-refractivity contribution in [3.05, 3.63) is 36.2 Å². The maximum absolute atomic E-state index is 12.9. The first-order chi connectivity index (χ1) is 15.0. The molecule has 1 fully saturated rings. The van der Waals surface area contributed by atoms with Gasteiger partial charge < -0.3 is 19.3 Å². The molecule has 1 aromatic heterocycles. The zero-order valence-electron chi connectivity index (χ0n) is 19.2. The largest absolute Gasteiger partial charge is 0.497 e. The predicted octanol–water partition coefficient (Wildman–Crippen LogP) is 2.46. The molecule has 3 rings (SSSR count). The van der Waals surface area contributed by atoms with Gasteiger partial charge in [-0.05, 0) is 30.8 Å². The number of hydrogen-bond acceptors (Lipinski definition) is 7. The third kappa shape index (κ3) is 5.51. The Hall–Kier alpha value is -2.71. The van der Waals surface area contributed by atoms with Crippen molar-refractivity contribution in [2.24, 2.45) is 0 Å². The Morgan fingerprint density at radius 3 is 2.55 bits per heavy atom. The average molecular weight is 428 g/mol. The first-order valence-corrected chi connectivity index (χ1v) is 10.8. The van der Waals surface area contributed by atoms with Gasteiger partial charge in [0, 0.05) is 32.4 Å². The van der Waals surface area contributed by atoms with Crippen molar-refractivity contribution in [1.29, 1.82) is 0 Å². The molecule has 2 aromatic rings. The van der Waals surface area contributed by atoms with E-state index in [9.17, 15) is 4.79 Å². The molecule has 0 spiro atoms. The first kappa shape index (κ1) is 23.0. The van der Waals surface area contributed by atoms with Crippen LogP contribution in [0.3, 0.4) is 0 Å². The zero-order chi connectivity index (χ0) is 22.4. The van der Waals surface area contributed by atoms with Gasteiger partial charge in [-0.1, -0.05) is 26.0 Å². The van der Waals surface area contributed by atoms with E-state index in [2.05, 4.69) is 23.7 Å². The normalized spacial score (nSPS) is 16.5. The Morgan fingerprint density at radius 2 is 1.94 bits per heavy atom. The number of likely N-dealkylation sites (N-methyl/N-ethyl adjacent to an activating group) is 1. The summed E-state index contributed by atoms with van der Waals surface area (Å²) in [6, 6.07) is 7.81. The fourth-order valence-corrected chi connectivity index (χ4v) is 3.62. The Labute approximate surface area is 184 Å². The number of aromatic nitrogens is 2. The van der Waals surface area contributed by atoms with Crippen molar-refractivity contribution in [1.82, 2.24) is 19.8 Å². The lowest BCUT2D eigenvalue weighted by Crippen LogP contribution is -2.46. The van der Waals surface area contributed by atoms with Crippen molar-refractivity contribution in [3.63, 3.8) is 0 Å². The Balaban J connectivity index is 1.90. The monoisotopic (exact) mass is 427 g/mol. The molecule has 1 aliphatic heterocycles. The highest BCUT2D eigenvalue weighted by Crippen LogP contribution is 2.32. The lowest BCUT2D eigenvalue weighted by atomic mass is 10.0.